The van der Waals surface area contributed by atoms with E-state index in [1.807, 2.05) is 44.2 Å². The molecule has 3 rings (SSSR count). The van der Waals surface area contributed by atoms with Gasteiger partial charge < -0.3 is 0 Å². The summed E-state index contributed by atoms with van der Waals surface area (Å²) in [6.07, 6.45) is 1.85. The molecular formula is C18H14Cl2N2O. The molecule has 0 fully saturated rings. The number of hydrogen-bond acceptors (Lipinski definition) is 2. The van der Waals surface area contributed by atoms with Gasteiger partial charge in [-0.3, -0.25) is 4.79 Å². The SMILES string of the molecule is CC1=NN(c2ccc(Cl)c(Cl)c2)C(=O)/C1=C/c1ccc(C)cc1. The number of carbonyl (C=O) groups excluding carboxylic acids is 1. The molecule has 0 bridgehead atoms. The predicted molar refractivity (Wildman–Crippen MR) is 96.2 cm³/mol. The number of rotatable bonds is 2. The summed E-state index contributed by atoms with van der Waals surface area (Å²) < 4.78 is 0. The first kappa shape index (κ1) is 15.8. The summed E-state index contributed by atoms with van der Waals surface area (Å²) in [5.41, 5.74) is 3.97. The number of benzene rings is 2. The summed E-state index contributed by atoms with van der Waals surface area (Å²) in [5, 5.41) is 6.51. The van der Waals surface area contributed by atoms with E-state index in [1.54, 1.807) is 18.2 Å². The van der Waals surface area contributed by atoms with Crippen LogP contribution in [0.1, 0.15) is 18.1 Å². The lowest BCUT2D eigenvalue weighted by Crippen LogP contribution is -2.21. The molecule has 0 spiro atoms. The third-order valence-corrected chi connectivity index (χ3v) is 4.34. The molecule has 0 atom stereocenters. The fourth-order valence-corrected chi connectivity index (χ4v) is 2.60. The third kappa shape index (κ3) is 3.16. The van der Waals surface area contributed by atoms with Gasteiger partial charge in [-0.05, 0) is 43.7 Å². The minimum atomic E-state index is -0.179. The molecule has 1 heterocycles. The van der Waals surface area contributed by atoms with Gasteiger partial charge >= 0.3 is 0 Å². The van der Waals surface area contributed by atoms with Crippen molar-refractivity contribution in [1.82, 2.24) is 0 Å². The predicted octanol–water partition coefficient (Wildman–Crippen LogP) is 5.11. The maximum atomic E-state index is 12.7. The van der Waals surface area contributed by atoms with Crippen LogP contribution in [0.3, 0.4) is 0 Å². The Bertz CT molecular complexity index is 839. The van der Waals surface area contributed by atoms with Crippen LogP contribution in [0.2, 0.25) is 10.0 Å². The zero-order valence-corrected chi connectivity index (χ0v) is 14.2. The number of anilines is 1. The van der Waals surface area contributed by atoms with Crippen LogP contribution in [-0.2, 0) is 4.79 Å². The van der Waals surface area contributed by atoms with E-state index in [-0.39, 0.29) is 5.91 Å². The highest BCUT2D eigenvalue weighted by Crippen LogP contribution is 2.30. The van der Waals surface area contributed by atoms with Crippen molar-refractivity contribution in [2.75, 3.05) is 5.01 Å². The second-order valence-corrected chi connectivity index (χ2v) is 6.18. The third-order valence-electron chi connectivity index (χ3n) is 3.60. The molecule has 1 aliphatic rings. The van der Waals surface area contributed by atoms with E-state index in [0.717, 1.165) is 5.56 Å². The molecule has 2 aromatic rings. The molecule has 0 aliphatic carbocycles. The highest BCUT2D eigenvalue weighted by atomic mass is 35.5. The summed E-state index contributed by atoms with van der Waals surface area (Å²) in [6.45, 7) is 3.84. The fraction of sp³-hybridized carbons (Fsp3) is 0.111. The number of aryl methyl sites for hydroxylation is 1. The van der Waals surface area contributed by atoms with Crippen molar-refractivity contribution in [3.63, 3.8) is 0 Å². The molecule has 0 radical (unpaired) electrons. The minimum Gasteiger partial charge on any atom is -0.267 e. The van der Waals surface area contributed by atoms with Gasteiger partial charge in [-0.1, -0.05) is 53.0 Å². The Morgan fingerprint density at radius 3 is 2.35 bits per heavy atom. The van der Waals surface area contributed by atoms with Crippen LogP contribution in [0.15, 0.2) is 53.1 Å². The first-order chi connectivity index (χ1) is 11.0. The molecule has 0 aromatic heterocycles. The van der Waals surface area contributed by atoms with E-state index in [4.69, 9.17) is 23.2 Å². The summed E-state index contributed by atoms with van der Waals surface area (Å²) in [6, 6.07) is 13.0. The van der Waals surface area contributed by atoms with Gasteiger partial charge in [-0.25, -0.2) is 0 Å². The molecule has 5 heteroatoms. The maximum Gasteiger partial charge on any atom is 0.280 e. The van der Waals surface area contributed by atoms with Gasteiger partial charge in [0, 0.05) is 0 Å². The quantitative estimate of drug-likeness (QED) is 0.697. The Kier molecular flexibility index (Phi) is 4.24. The van der Waals surface area contributed by atoms with Crippen LogP contribution in [0.5, 0.6) is 0 Å². The Balaban J connectivity index is 1.94. The summed E-state index contributed by atoms with van der Waals surface area (Å²) >= 11 is 11.9. The molecular weight excluding hydrogens is 331 g/mol. The van der Waals surface area contributed by atoms with E-state index >= 15 is 0 Å². The van der Waals surface area contributed by atoms with Crippen molar-refractivity contribution in [2.24, 2.45) is 5.10 Å². The van der Waals surface area contributed by atoms with Gasteiger partial charge in [-0.15, -0.1) is 0 Å². The van der Waals surface area contributed by atoms with Gasteiger partial charge in [0.25, 0.3) is 5.91 Å². The molecule has 2 aromatic carbocycles. The number of halogens is 2. The van der Waals surface area contributed by atoms with Crippen LogP contribution in [0.25, 0.3) is 6.08 Å². The topological polar surface area (TPSA) is 32.7 Å². The Labute approximate surface area is 144 Å². The smallest absolute Gasteiger partial charge is 0.267 e. The lowest BCUT2D eigenvalue weighted by atomic mass is 10.1. The highest BCUT2D eigenvalue weighted by molar-refractivity contribution is 6.42. The van der Waals surface area contributed by atoms with E-state index in [0.29, 0.717) is 27.0 Å². The summed E-state index contributed by atoms with van der Waals surface area (Å²) in [4.78, 5) is 12.7. The molecule has 116 valence electrons. The van der Waals surface area contributed by atoms with Gasteiger partial charge in [0.1, 0.15) is 0 Å². The zero-order valence-electron chi connectivity index (χ0n) is 12.7. The van der Waals surface area contributed by atoms with Crippen molar-refractivity contribution < 1.29 is 4.79 Å². The normalized spacial score (nSPS) is 16.2. The van der Waals surface area contributed by atoms with E-state index in [1.165, 1.54) is 10.6 Å². The minimum absolute atomic E-state index is 0.179. The summed E-state index contributed by atoms with van der Waals surface area (Å²) in [7, 11) is 0. The van der Waals surface area contributed by atoms with Gasteiger partial charge in [0.15, 0.2) is 0 Å². The Morgan fingerprint density at radius 2 is 1.70 bits per heavy atom. The Hall–Kier alpha value is -2.10. The number of hydrogen-bond donors (Lipinski definition) is 0. The molecule has 23 heavy (non-hydrogen) atoms. The lowest BCUT2D eigenvalue weighted by Gasteiger charge is -2.12. The van der Waals surface area contributed by atoms with E-state index in [2.05, 4.69) is 5.10 Å². The summed E-state index contributed by atoms with van der Waals surface area (Å²) in [5.74, 6) is -0.179. The number of amides is 1. The molecule has 1 aliphatic heterocycles. The number of hydrazone groups is 1. The van der Waals surface area contributed by atoms with Crippen LogP contribution < -0.4 is 5.01 Å². The second-order valence-electron chi connectivity index (χ2n) is 5.37. The molecule has 0 saturated carbocycles. The van der Waals surface area contributed by atoms with Crippen molar-refractivity contribution in [2.45, 2.75) is 13.8 Å². The Morgan fingerprint density at radius 1 is 1.00 bits per heavy atom. The largest absolute Gasteiger partial charge is 0.280 e. The molecule has 3 nitrogen and oxygen atoms in total. The monoisotopic (exact) mass is 344 g/mol. The second kappa shape index (κ2) is 6.19. The van der Waals surface area contributed by atoms with Crippen molar-refractivity contribution >= 4 is 46.6 Å². The van der Waals surface area contributed by atoms with Gasteiger partial charge in [0.05, 0.1) is 27.0 Å². The van der Waals surface area contributed by atoms with Crippen LogP contribution >= 0.6 is 23.2 Å². The number of carbonyl (C=O) groups is 1. The van der Waals surface area contributed by atoms with Crippen LogP contribution in [0, 0.1) is 6.92 Å². The van der Waals surface area contributed by atoms with Crippen LogP contribution in [-0.4, -0.2) is 11.6 Å². The highest BCUT2D eigenvalue weighted by Gasteiger charge is 2.28. The first-order valence-corrected chi connectivity index (χ1v) is 7.85. The molecule has 0 saturated heterocycles. The first-order valence-electron chi connectivity index (χ1n) is 7.09. The lowest BCUT2D eigenvalue weighted by molar-refractivity contribution is -0.114. The van der Waals surface area contributed by atoms with E-state index < -0.39 is 0 Å². The van der Waals surface area contributed by atoms with Gasteiger partial charge in [-0.2, -0.15) is 10.1 Å². The average molecular weight is 345 g/mol. The maximum absolute atomic E-state index is 12.7. The van der Waals surface area contributed by atoms with Crippen LogP contribution in [0.4, 0.5) is 5.69 Å². The molecule has 1 amide bonds. The molecule has 0 N–H and O–H groups in total. The molecule has 0 unspecified atom stereocenters. The van der Waals surface area contributed by atoms with Crippen molar-refractivity contribution in [3.05, 3.63) is 69.2 Å². The van der Waals surface area contributed by atoms with Crippen molar-refractivity contribution in [3.8, 4) is 0 Å². The average Bonchev–Trinajstić information content (AvgIpc) is 2.80. The van der Waals surface area contributed by atoms with Gasteiger partial charge in [0.2, 0.25) is 0 Å². The zero-order chi connectivity index (χ0) is 16.6. The fourth-order valence-electron chi connectivity index (χ4n) is 2.31. The standard InChI is InChI=1S/C18H14Cl2N2O/c1-11-3-5-13(6-4-11)9-15-12(2)21-22(18(15)23)14-7-8-16(19)17(20)10-14/h3-10H,1-2H3/b15-9+. The van der Waals surface area contributed by atoms with E-state index in [9.17, 15) is 4.79 Å². The number of nitrogens with zero attached hydrogens (tertiary/aromatic N) is 2. The van der Waals surface area contributed by atoms with Crippen molar-refractivity contribution in [1.29, 1.82) is 0 Å².